The monoisotopic (exact) mass is 510 g/mol. The molecule has 1 aliphatic rings. The second kappa shape index (κ2) is 9.38. The van der Waals surface area contributed by atoms with Crippen LogP contribution in [0.4, 0.5) is 4.79 Å². The summed E-state index contributed by atoms with van der Waals surface area (Å²) in [6.45, 7) is 6.52. The summed E-state index contributed by atoms with van der Waals surface area (Å²) in [6, 6.07) is 17.8. The maximum absolute atomic E-state index is 12.9. The van der Waals surface area contributed by atoms with E-state index in [0.29, 0.717) is 4.91 Å². The van der Waals surface area contributed by atoms with E-state index in [9.17, 15) is 9.59 Å². The molecule has 0 radical (unpaired) electrons. The summed E-state index contributed by atoms with van der Waals surface area (Å²) < 4.78 is 8.84. The van der Waals surface area contributed by atoms with E-state index in [1.54, 1.807) is 0 Å². The van der Waals surface area contributed by atoms with Gasteiger partial charge in [-0.3, -0.25) is 14.5 Å². The molecule has 0 atom stereocenters. The lowest BCUT2D eigenvalue weighted by Gasteiger charge is -2.13. The fourth-order valence-electron chi connectivity index (χ4n) is 3.64. The number of halogens is 1. The lowest BCUT2D eigenvalue weighted by Crippen LogP contribution is -2.32. The van der Waals surface area contributed by atoms with E-state index in [1.807, 2.05) is 81.4 Å². The third-order valence-electron chi connectivity index (χ3n) is 5.32. The molecule has 0 spiro atoms. The molecule has 0 aliphatic carbocycles. The molecular formula is C25H23BrN2O3S. The van der Waals surface area contributed by atoms with Gasteiger partial charge in [-0.15, -0.1) is 0 Å². The van der Waals surface area contributed by atoms with Gasteiger partial charge in [0.05, 0.1) is 11.4 Å². The Labute approximate surface area is 200 Å². The van der Waals surface area contributed by atoms with Crippen molar-refractivity contribution in [1.29, 1.82) is 0 Å². The van der Waals surface area contributed by atoms with E-state index in [4.69, 9.17) is 4.74 Å². The highest BCUT2D eigenvalue weighted by Gasteiger charge is 2.35. The van der Waals surface area contributed by atoms with Gasteiger partial charge in [-0.05, 0) is 86.6 Å². The van der Waals surface area contributed by atoms with Crippen molar-refractivity contribution in [2.24, 2.45) is 0 Å². The number of carbonyl (C=O) groups excluding carboxylic acids is 2. The van der Waals surface area contributed by atoms with Crippen molar-refractivity contribution >= 4 is 44.9 Å². The van der Waals surface area contributed by atoms with Gasteiger partial charge in [0.1, 0.15) is 12.4 Å². The summed E-state index contributed by atoms with van der Waals surface area (Å²) in [6.07, 6.45) is 1.81. The zero-order valence-corrected chi connectivity index (χ0v) is 20.5. The summed E-state index contributed by atoms with van der Waals surface area (Å²) in [7, 11) is 0. The van der Waals surface area contributed by atoms with Gasteiger partial charge in [-0.2, -0.15) is 0 Å². The van der Waals surface area contributed by atoms with E-state index in [-0.39, 0.29) is 24.3 Å². The molecule has 0 saturated carbocycles. The highest BCUT2D eigenvalue weighted by molar-refractivity contribution is 9.10. The van der Waals surface area contributed by atoms with Gasteiger partial charge >= 0.3 is 0 Å². The minimum absolute atomic E-state index is 0.216. The standard InChI is InChI=1S/C25H23BrN2O3S/c1-16-4-10-22(11-5-16)31-13-12-27-24(29)23(32-25(27)30)15-19-14-17(2)28(18(19)3)21-8-6-20(26)7-9-21/h4-11,14-15H,12-13H2,1-3H3/b23-15-. The maximum Gasteiger partial charge on any atom is 0.293 e. The Morgan fingerprint density at radius 2 is 1.69 bits per heavy atom. The molecule has 1 aromatic heterocycles. The van der Waals surface area contributed by atoms with Crippen molar-refractivity contribution < 1.29 is 14.3 Å². The molecule has 2 amide bonds. The van der Waals surface area contributed by atoms with Crippen molar-refractivity contribution in [2.45, 2.75) is 20.8 Å². The van der Waals surface area contributed by atoms with Gasteiger partial charge in [0.25, 0.3) is 11.1 Å². The van der Waals surface area contributed by atoms with Crippen molar-refractivity contribution in [3.05, 3.63) is 86.5 Å². The molecule has 7 heteroatoms. The summed E-state index contributed by atoms with van der Waals surface area (Å²) in [5.41, 5.74) is 5.19. The van der Waals surface area contributed by atoms with E-state index in [2.05, 4.69) is 20.5 Å². The number of aromatic nitrogens is 1. The van der Waals surface area contributed by atoms with Gasteiger partial charge < -0.3 is 9.30 Å². The predicted octanol–water partition coefficient (Wildman–Crippen LogP) is 6.28. The van der Waals surface area contributed by atoms with E-state index in [0.717, 1.165) is 50.2 Å². The van der Waals surface area contributed by atoms with E-state index >= 15 is 0 Å². The van der Waals surface area contributed by atoms with Gasteiger partial charge in [0.15, 0.2) is 0 Å². The lowest BCUT2D eigenvalue weighted by molar-refractivity contribution is -0.123. The van der Waals surface area contributed by atoms with Crippen LogP contribution in [-0.2, 0) is 4.79 Å². The molecule has 1 aliphatic heterocycles. The molecule has 0 bridgehead atoms. The third kappa shape index (κ3) is 4.69. The van der Waals surface area contributed by atoms with Crippen LogP contribution in [0.25, 0.3) is 11.8 Å². The quantitative estimate of drug-likeness (QED) is 0.366. The van der Waals surface area contributed by atoms with E-state index < -0.39 is 0 Å². The Balaban J connectivity index is 1.48. The van der Waals surface area contributed by atoms with Crippen molar-refractivity contribution in [3.63, 3.8) is 0 Å². The fraction of sp³-hybridized carbons (Fsp3) is 0.200. The van der Waals surface area contributed by atoms with Crippen LogP contribution in [0.15, 0.2) is 64.0 Å². The van der Waals surface area contributed by atoms with Crippen LogP contribution in [0.2, 0.25) is 0 Å². The summed E-state index contributed by atoms with van der Waals surface area (Å²) in [5.74, 6) is 0.444. The first-order valence-corrected chi connectivity index (χ1v) is 11.8. The lowest BCUT2D eigenvalue weighted by atomic mass is 10.2. The molecule has 0 unspecified atom stereocenters. The number of ether oxygens (including phenoxy) is 1. The number of benzene rings is 2. The maximum atomic E-state index is 12.9. The molecule has 1 fully saturated rings. The van der Waals surface area contributed by atoms with Crippen LogP contribution in [-0.4, -0.2) is 33.8 Å². The highest BCUT2D eigenvalue weighted by Crippen LogP contribution is 2.33. The number of imide groups is 1. The molecule has 3 aromatic rings. The number of thioether (sulfide) groups is 1. The number of nitrogens with zero attached hydrogens (tertiary/aromatic N) is 2. The first-order valence-electron chi connectivity index (χ1n) is 10.2. The number of hydrogen-bond acceptors (Lipinski definition) is 4. The van der Waals surface area contributed by atoms with Crippen molar-refractivity contribution in [2.75, 3.05) is 13.2 Å². The molecular weight excluding hydrogens is 488 g/mol. The van der Waals surface area contributed by atoms with Crippen molar-refractivity contribution in [3.8, 4) is 11.4 Å². The molecule has 2 aromatic carbocycles. The Bertz CT molecular complexity index is 1200. The molecule has 5 nitrogen and oxygen atoms in total. The first-order chi connectivity index (χ1) is 15.3. The zero-order chi connectivity index (χ0) is 22.8. The SMILES string of the molecule is Cc1ccc(OCCN2C(=O)S/C(=C\c3cc(C)n(-c4ccc(Br)cc4)c3C)C2=O)cc1. The number of hydrogen-bond donors (Lipinski definition) is 0. The number of amides is 2. The van der Waals surface area contributed by atoms with Crippen LogP contribution >= 0.6 is 27.7 Å². The highest BCUT2D eigenvalue weighted by atomic mass is 79.9. The number of aryl methyl sites for hydroxylation is 2. The Hall–Kier alpha value is -2.77. The van der Waals surface area contributed by atoms with Crippen LogP contribution in [0.5, 0.6) is 5.75 Å². The fourth-order valence-corrected chi connectivity index (χ4v) is 4.76. The minimum atomic E-state index is -0.277. The molecule has 2 heterocycles. The minimum Gasteiger partial charge on any atom is -0.492 e. The summed E-state index contributed by atoms with van der Waals surface area (Å²) in [5, 5.41) is -0.268. The molecule has 164 valence electrons. The largest absolute Gasteiger partial charge is 0.492 e. The summed E-state index contributed by atoms with van der Waals surface area (Å²) in [4.78, 5) is 27.0. The Morgan fingerprint density at radius 1 is 1.00 bits per heavy atom. The van der Waals surface area contributed by atoms with Gasteiger partial charge in [0, 0.05) is 21.5 Å². The first kappa shape index (κ1) is 22.4. The smallest absolute Gasteiger partial charge is 0.293 e. The second-order valence-electron chi connectivity index (χ2n) is 7.63. The predicted molar refractivity (Wildman–Crippen MR) is 132 cm³/mol. The average molecular weight is 511 g/mol. The van der Waals surface area contributed by atoms with Gasteiger partial charge in [-0.1, -0.05) is 33.6 Å². The van der Waals surface area contributed by atoms with Crippen LogP contribution in [0.1, 0.15) is 22.5 Å². The van der Waals surface area contributed by atoms with Crippen LogP contribution in [0.3, 0.4) is 0 Å². The average Bonchev–Trinajstić information content (AvgIpc) is 3.19. The number of carbonyl (C=O) groups is 2. The molecule has 1 saturated heterocycles. The van der Waals surface area contributed by atoms with E-state index in [1.165, 1.54) is 4.90 Å². The Morgan fingerprint density at radius 3 is 2.38 bits per heavy atom. The topological polar surface area (TPSA) is 51.5 Å². The molecule has 4 rings (SSSR count). The normalized spacial score (nSPS) is 15.1. The van der Waals surface area contributed by atoms with Crippen molar-refractivity contribution in [1.82, 2.24) is 9.47 Å². The third-order valence-corrected chi connectivity index (χ3v) is 6.76. The van der Waals surface area contributed by atoms with Crippen LogP contribution < -0.4 is 4.74 Å². The summed E-state index contributed by atoms with van der Waals surface area (Å²) >= 11 is 4.44. The molecule has 32 heavy (non-hydrogen) atoms. The van der Waals surface area contributed by atoms with Gasteiger partial charge in [0.2, 0.25) is 0 Å². The second-order valence-corrected chi connectivity index (χ2v) is 9.54. The number of rotatable bonds is 6. The Kier molecular flexibility index (Phi) is 6.58. The molecule has 0 N–H and O–H groups in total. The van der Waals surface area contributed by atoms with Crippen LogP contribution in [0, 0.1) is 20.8 Å². The zero-order valence-electron chi connectivity index (χ0n) is 18.1. The van der Waals surface area contributed by atoms with Gasteiger partial charge in [-0.25, -0.2) is 0 Å².